The summed E-state index contributed by atoms with van der Waals surface area (Å²) in [6.45, 7) is 19.9. The van der Waals surface area contributed by atoms with E-state index in [-0.39, 0.29) is 7.44 Å². The Bertz CT molecular complexity index is 1620. The molecule has 0 saturated heterocycles. The number of fused-ring (bicyclic) bond motifs is 6. The van der Waals surface area contributed by atoms with E-state index in [2.05, 4.69) is 181 Å². The molecular formula is C48H59ClTi2. The van der Waals surface area contributed by atoms with Gasteiger partial charge < -0.3 is 0 Å². The molecule has 0 unspecified atom stereocenters. The molecule has 0 heterocycles. The Morgan fingerprint density at radius 2 is 0.765 bits per heavy atom. The molecule has 0 radical (unpaired) electrons. The number of unbranched alkanes of at least 4 members (excludes halogenated alkanes) is 6. The molecule has 6 rings (SSSR count). The summed E-state index contributed by atoms with van der Waals surface area (Å²) in [5, 5.41) is 0. The summed E-state index contributed by atoms with van der Waals surface area (Å²) in [5.41, 5.74) is 20.0. The van der Waals surface area contributed by atoms with Gasteiger partial charge in [-0.15, -0.1) is 11.6 Å². The van der Waals surface area contributed by atoms with Crippen molar-refractivity contribution >= 4 is 11.6 Å². The molecular weight excluding hydrogens is 708 g/mol. The number of hydrogen-bond donors (Lipinski definition) is 0. The van der Waals surface area contributed by atoms with Crippen LogP contribution in [0.15, 0.2) is 96.1 Å². The fourth-order valence-corrected chi connectivity index (χ4v) is 9.30. The summed E-state index contributed by atoms with van der Waals surface area (Å²) in [5.74, 6) is 0.722. The fraction of sp³-hybridized carbons (Fsp3) is 0.417. The van der Waals surface area contributed by atoms with E-state index in [1.54, 1.807) is 0 Å². The third kappa shape index (κ3) is 9.07. The van der Waals surface area contributed by atoms with Crippen LogP contribution in [-0.2, 0) is 48.3 Å². The van der Waals surface area contributed by atoms with Gasteiger partial charge in [0.1, 0.15) is 0 Å². The molecule has 0 N–H and O–H groups in total. The Hall–Kier alpha value is -1.92. The second kappa shape index (κ2) is 18.9. The molecule has 0 saturated carbocycles. The Labute approximate surface area is 339 Å². The summed E-state index contributed by atoms with van der Waals surface area (Å²) in [6.07, 6.45) is 15.2. The molecule has 2 aliphatic carbocycles. The molecule has 4 aromatic carbocycles. The van der Waals surface area contributed by atoms with Gasteiger partial charge >= 0.3 is 318 Å². The van der Waals surface area contributed by atoms with Gasteiger partial charge in [-0.05, 0) is 0 Å². The maximum atomic E-state index is 5.00. The van der Waals surface area contributed by atoms with E-state index >= 15 is 0 Å². The molecule has 0 spiro atoms. The van der Waals surface area contributed by atoms with Crippen molar-refractivity contribution in [1.82, 2.24) is 0 Å². The van der Waals surface area contributed by atoms with E-state index in [4.69, 9.17) is 11.6 Å². The SMILES string of the molecule is CCCCCC=C(C)[C]1([Ti])c2cc(C)ccc2-c2ccc(C)cc21.CCCCCC=C(C)[C]1([Ti])c2cc(C)ccc2-c2ccc(C)cc21.CCCl. The van der Waals surface area contributed by atoms with Crippen LogP contribution < -0.4 is 0 Å². The number of allylic oxidation sites excluding steroid dienone is 4. The van der Waals surface area contributed by atoms with Crippen molar-refractivity contribution in [3.63, 3.8) is 0 Å². The molecule has 51 heavy (non-hydrogen) atoms. The zero-order chi connectivity index (χ0) is 37.3. The summed E-state index contributed by atoms with van der Waals surface area (Å²) < 4.78 is 0.0177. The Balaban J connectivity index is 0.000000212. The molecule has 0 nitrogen and oxygen atoms in total. The second-order valence-electron chi connectivity index (χ2n) is 14.7. The van der Waals surface area contributed by atoms with Gasteiger partial charge in [-0.25, -0.2) is 0 Å². The second-order valence-corrected chi connectivity index (χ2v) is 17.6. The molecule has 3 heteroatoms. The molecule has 2 aliphatic rings. The summed E-state index contributed by atoms with van der Waals surface area (Å²) >= 11 is 9.84. The van der Waals surface area contributed by atoms with Crippen LogP contribution in [-0.4, -0.2) is 5.88 Å². The van der Waals surface area contributed by atoms with Crippen LogP contribution in [0.2, 0.25) is 0 Å². The van der Waals surface area contributed by atoms with Crippen molar-refractivity contribution in [2.24, 2.45) is 0 Å². The number of benzene rings is 4. The third-order valence-corrected chi connectivity index (χ3v) is 13.5. The van der Waals surface area contributed by atoms with Gasteiger partial charge in [-0.3, -0.25) is 0 Å². The smallest absolute Gasteiger partial charge is 0.0195 e. The van der Waals surface area contributed by atoms with E-state index in [9.17, 15) is 0 Å². The largest absolute Gasteiger partial charge is 0.127 e. The normalized spacial score (nSPS) is 14.7. The zero-order valence-corrected chi connectivity index (χ0v) is 36.7. The van der Waals surface area contributed by atoms with Crippen LogP contribution in [0.1, 0.15) is 130 Å². The molecule has 0 bridgehead atoms. The van der Waals surface area contributed by atoms with E-state index in [0.29, 0.717) is 0 Å². The molecule has 4 aromatic rings. The van der Waals surface area contributed by atoms with E-state index in [1.807, 2.05) is 6.92 Å². The average Bonchev–Trinajstić information content (AvgIpc) is 3.50. The predicted molar refractivity (Wildman–Crippen MR) is 216 cm³/mol. The molecule has 0 atom stereocenters. The van der Waals surface area contributed by atoms with Crippen molar-refractivity contribution in [2.75, 3.05) is 5.88 Å². The number of hydrogen-bond acceptors (Lipinski definition) is 0. The van der Waals surface area contributed by atoms with Gasteiger partial charge in [-0.1, -0.05) is 6.92 Å². The summed E-state index contributed by atoms with van der Waals surface area (Å²) in [6, 6.07) is 27.8. The average molecular weight is 767 g/mol. The van der Waals surface area contributed by atoms with Crippen LogP contribution in [0.3, 0.4) is 0 Å². The van der Waals surface area contributed by atoms with Crippen molar-refractivity contribution in [3.05, 3.63) is 141 Å². The summed E-state index contributed by atoms with van der Waals surface area (Å²) in [4.78, 5) is 0. The Morgan fingerprint density at radius 3 is 1.00 bits per heavy atom. The summed E-state index contributed by atoms with van der Waals surface area (Å²) in [7, 11) is 0. The molecule has 0 amide bonds. The van der Waals surface area contributed by atoms with Gasteiger partial charge in [0.25, 0.3) is 0 Å². The zero-order valence-electron chi connectivity index (χ0n) is 32.8. The Morgan fingerprint density at radius 1 is 0.510 bits per heavy atom. The van der Waals surface area contributed by atoms with E-state index in [1.165, 1.54) is 129 Å². The van der Waals surface area contributed by atoms with E-state index < -0.39 is 0 Å². The van der Waals surface area contributed by atoms with Gasteiger partial charge in [0.2, 0.25) is 0 Å². The van der Waals surface area contributed by atoms with Crippen LogP contribution in [0.4, 0.5) is 0 Å². The Kier molecular flexibility index (Phi) is 15.5. The minimum Gasteiger partial charge on any atom is -0.127 e. The quantitative estimate of drug-likeness (QED) is 0.0653. The monoisotopic (exact) mass is 766 g/mol. The van der Waals surface area contributed by atoms with Crippen LogP contribution >= 0.6 is 11.6 Å². The van der Waals surface area contributed by atoms with Crippen molar-refractivity contribution in [3.8, 4) is 22.3 Å². The first-order chi connectivity index (χ1) is 24.4. The van der Waals surface area contributed by atoms with Gasteiger partial charge in [0.15, 0.2) is 0 Å². The van der Waals surface area contributed by atoms with E-state index in [0.717, 1.165) is 5.88 Å². The third-order valence-electron chi connectivity index (χ3n) is 10.6. The first-order valence-electron chi connectivity index (χ1n) is 19.2. The number of rotatable bonds is 10. The van der Waals surface area contributed by atoms with Crippen molar-refractivity contribution < 1.29 is 40.9 Å². The number of aryl methyl sites for hydroxylation is 4. The number of alkyl halides is 1. The number of halogens is 1. The van der Waals surface area contributed by atoms with Crippen LogP contribution in [0, 0.1) is 27.7 Å². The maximum absolute atomic E-state index is 5.00. The minimum absolute atomic E-state index is 0.00885. The minimum atomic E-state index is 0.00885. The molecule has 0 aliphatic heterocycles. The maximum Gasteiger partial charge on any atom is 0.0195 e. The van der Waals surface area contributed by atoms with Crippen molar-refractivity contribution in [2.45, 2.75) is 121 Å². The molecule has 266 valence electrons. The first-order valence-corrected chi connectivity index (χ1v) is 21.3. The molecule has 0 aromatic heterocycles. The van der Waals surface area contributed by atoms with Gasteiger partial charge in [0.05, 0.1) is 0 Å². The van der Waals surface area contributed by atoms with Gasteiger partial charge in [0, 0.05) is 5.88 Å². The van der Waals surface area contributed by atoms with Crippen LogP contribution in [0.25, 0.3) is 22.3 Å². The fourth-order valence-electron chi connectivity index (χ4n) is 7.68. The van der Waals surface area contributed by atoms with Crippen LogP contribution in [0.5, 0.6) is 0 Å². The van der Waals surface area contributed by atoms with Gasteiger partial charge in [-0.2, -0.15) is 0 Å². The standard InChI is InChI=1S/2C23H27.C2H5Cl.2Ti/c2*1-5-6-7-8-9-18(4)23-21-14-16(2)10-12-19(21)20-13-11-17(3)15-22(20)23;1-2-3;;/h2*9-15H,5-8H2,1-4H3;2H2,1H3;;. The molecule has 0 fully saturated rings. The topological polar surface area (TPSA) is 0 Å². The first kappa shape index (κ1) is 41.8. The van der Waals surface area contributed by atoms with Crippen molar-refractivity contribution in [1.29, 1.82) is 0 Å². The predicted octanol–water partition coefficient (Wildman–Crippen LogP) is 14.4.